The van der Waals surface area contributed by atoms with E-state index in [9.17, 15) is 15.0 Å². The number of carbonyl (C=O) groups is 1. The first-order valence-electron chi connectivity index (χ1n) is 8.82. The summed E-state index contributed by atoms with van der Waals surface area (Å²) in [5.41, 5.74) is 2.49. The Hall–Kier alpha value is -3.41. The molecule has 6 nitrogen and oxygen atoms in total. The highest BCUT2D eigenvalue weighted by Gasteiger charge is 2.26. The van der Waals surface area contributed by atoms with Crippen molar-refractivity contribution in [3.8, 4) is 23.0 Å². The number of phenols is 2. The van der Waals surface area contributed by atoms with Crippen molar-refractivity contribution < 1.29 is 24.5 Å². The molecule has 1 aliphatic heterocycles. The van der Waals surface area contributed by atoms with Gasteiger partial charge in [-0.05, 0) is 41.5 Å². The van der Waals surface area contributed by atoms with E-state index < -0.39 is 0 Å². The first-order valence-corrected chi connectivity index (χ1v) is 8.82. The van der Waals surface area contributed by atoms with Gasteiger partial charge in [-0.1, -0.05) is 18.2 Å². The van der Waals surface area contributed by atoms with Gasteiger partial charge in [-0.3, -0.25) is 4.79 Å². The number of ether oxygens (including phenoxy) is 2. The van der Waals surface area contributed by atoms with Crippen LogP contribution in [0.3, 0.4) is 0 Å². The number of hydrogen-bond donors (Lipinski definition) is 2. The molecule has 0 radical (unpaired) electrons. The van der Waals surface area contributed by atoms with Gasteiger partial charge in [-0.15, -0.1) is 0 Å². The zero-order chi connectivity index (χ0) is 20.3. The Morgan fingerprint density at radius 1 is 1.00 bits per heavy atom. The minimum atomic E-state index is -0.166. The van der Waals surface area contributed by atoms with Crippen LogP contribution in [0.15, 0.2) is 54.2 Å². The third-order valence-corrected chi connectivity index (χ3v) is 4.82. The van der Waals surface area contributed by atoms with Gasteiger partial charge in [0.2, 0.25) is 0 Å². The monoisotopic (exact) mass is 381 g/mol. The van der Waals surface area contributed by atoms with Crippen LogP contribution in [0.1, 0.15) is 23.6 Å². The fourth-order valence-electron chi connectivity index (χ4n) is 3.22. The molecule has 2 N–H and O–H groups in total. The maximum Gasteiger partial charge on any atom is 0.161 e. The number of hydrogen-bond acceptors (Lipinski definition) is 6. The first kappa shape index (κ1) is 19.4. The lowest BCUT2D eigenvalue weighted by Gasteiger charge is -2.34. The van der Waals surface area contributed by atoms with Crippen LogP contribution in [0.5, 0.6) is 23.0 Å². The lowest BCUT2D eigenvalue weighted by molar-refractivity contribution is -0.116. The van der Waals surface area contributed by atoms with Crippen molar-refractivity contribution in [2.24, 2.45) is 0 Å². The number of methoxy groups -OCH3 is 2. The van der Waals surface area contributed by atoms with E-state index in [4.69, 9.17) is 9.47 Å². The SMILES string of the molecule is COc1cc(/C=C/C2=CC(=O)CC(c3ccc(O)c(OC)c3)N2C)ccc1O. The molecular weight excluding hydrogens is 358 g/mol. The predicted octanol–water partition coefficient (Wildman–Crippen LogP) is 3.66. The van der Waals surface area contributed by atoms with E-state index in [-0.39, 0.29) is 23.3 Å². The van der Waals surface area contributed by atoms with Gasteiger partial charge < -0.3 is 24.6 Å². The second-order valence-electron chi connectivity index (χ2n) is 6.56. The molecule has 146 valence electrons. The molecule has 1 unspecified atom stereocenters. The normalized spacial score (nSPS) is 17.0. The van der Waals surface area contributed by atoms with E-state index in [0.29, 0.717) is 17.9 Å². The van der Waals surface area contributed by atoms with Crippen LogP contribution in [0, 0.1) is 0 Å². The number of aromatic hydroxyl groups is 2. The highest BCUT2D eigenvalue weighted by molar-refractivity contribution is 5.92. The lowest BCUT2D eigenvalue weighted by Crippen LogP contribution is -2.29. The fourth-order valence-corrected chi connectivity index (χ4v) is 3.22. The molecule has 28 heavy (non-hydrogen) atoms. The Bertz CT molecular complexity index is 948. The Labute approximate surface area is 163 Å². The number of nitrogens with zero attached hydrogens (tertiary/aromatic N) is 1. The van der Waals surface area contributed by atoms with Crippen molar-refractivity contribution >= 4 is 11.9 Å². The number of ketones is 1. The van der Waals surface area contributed by atoms with Crippen LogP contribution in [0.25, 0.3) is 6.08 Å². The number of rotatable bonds is 5. The highest BCUT2D eigenvalue weighted by atomic mass is 16.5. The topological polar surface area (TPSA) is 79.2 Å². The Morgan fingerprint density at radius 3 is 2.32 bits per heavy atom. The number of phenolic OH excluding ortho intramolecular Hbond substituents is 2. The van der Waals surface area contributed by atoms with Gasteiger partial charge in [0.15, 0.2) is 28.8 Å². The summed E-state index contributed by atoms with van der Waals surface area (Å²) in [5.74, 6) is 0.927. The van der Waals surface area contributed by atoms with E-state index in [0.717, 1.165) is 16.8 Å². The van der Waals surface area contributed by atoms with Gasteiger partial charge in [-0.25, -0.2) is 0 Å². The zero-order valence-electron chi connectivity index (χ0n) is 16.0. The average molecular weight is 381 g/mol. The molecule has 1 heterocycles. The minimum Gasteiger partial charge on any atom is -0.504 e. The molecule has 0 spiro atoms. The minimum absolute atomic E-state index is 0.0260. The van der Waals surface area contributed by atoms with Crippen molar-refractivity contribution in [2.75, 3.05) is 21.3 Å². The maximum atomic E-state index is 12.3. The van der Waals surface area contributed by atoms with Crippen LogP contribution in [0.2, 0.25) is 0 Å². The van der Waals surface area contributed by atoms with Crippen LogP contribution < -0.4 is 9.47 Å². The smallest absolute Gasteiger partial charge is 0.161 e. The molecule has 0 amide bonds. The first-order chi connectivity index (χ1) is 13.4. The summed E-state index contributed by atoms with van der Waals surface area (Å²) < 4.78 is 10.3. The van der Waals surface area contributed by atoms with Crippen molar-refractivity contribution in [3.63, 3.8) is 0 Å². The third-order valence-electron chi connectivity index (χ3n) is 4.82. The molecule has 0 aromatic heterocycles. The molecule has 3 rings (SSSR count). The summed E-state index contributed by atoms with van der Waals surface area (Å²) in [7, 11) is 4.91. The molecule has 1 atom stereocenters. The predicted molar refractivity (Wildman–Crippen MR) is 107 cm³/mol. The van der Waals surface area contributed by atoms with Gasteiger partial charge in [0.1, 0.15) is 0 Å². The maximum absolute atomic E-state index is 12.3. The number of benzene rings is 2. The van der Waals surface area contributed by atoms with Crippen LogP contribution in [-0.2, 0) is 4.79 Å². The number of allylic oxidation sites excluding steroid dienone is 2. The standard InChI is InChI=1S/C22H23NO5/c1-23-16(7-4-14-5-8-19(25)21(10-14)27-2)12-17(24)13-18(23)15-6-9-20(26)22(11-15)28-3/h4-12,18,25-26H,13H2,1-3H3/b7-4+. The fraction of sp³-hybridized carbons (Fsp3) is 0.227. The molecule has 6 heteroatoms. The molecule has 1 aliphatic rings. The lowest BCUT2D eigenvalue weighted by atomic mass is 9.95. The molecule has 0 saturated heterocycles. The number of likely N-dealkylation sites (N-methyl/N-ethyl adjacent to an activating group) is 1. The Morgan fingerprint density at radius 2 is 1.64 bits per heavy atom. The molecule has 0 bridgehead atoms. The van der Waals surface area contributed by atoms with Gasteiger partial charge in [0.25, 0.3) is 0 Å². The molecule has 2 aromatic rings. The molecule has 0 saturated carbocycles. The third kappa shape index (κ3) is 3.96. The van der Waals surface area contributed by atoms with Gasteiger partial charge in [0, 0.05) is 25.2 Å². The Kier molecular flexibility index (Phi) is 5.59. The van der Waals surface area contributed by atoms with E-state index in [1.807, 2.05) is 24.1 Å². The largest absolute Gasteiger partial charge is 0.504 e. The summed E-state index contributed by atoms with van der Waals surface area (Å²) in [5, 5.41) is 19.5. The van der Waals surface area contributed by atoms with Crippen molar-refractivity contribution in [3.05, 3.63) is 65.4 Å². The molecule has 0 fully saturated rings. The zero-order valence-corrected chi connectivity index (χ0v) is 16.0. The summed E-state index contributed by atoms with van der Waals surface area (Å²) in [6.45, 7) is 0. The van der Waals surface area contributed by atoms with Crippen molar-refractivity contribution in [1.82, 2.24) is 4.90 Å². The average Bonchev–Trinajstić information content (AvgIpc) is 2.69. The summed E-state index contributed by atoms with van der Waals surface area (Å²) in [6.07, 6.45) is 5.67. The summed E-state index contributed by atoms with van der Waals surface area (Å²) in [6, 6.07) is 10.0. The van der Waals surface area contributed by atoms with Gasteiger partial charge in [0.05, 0.1) is 20.3 Å². The van der Waals surface area contributed by atoms with Gasteiger partial charge >= 0.3 is 0 Å². The summed E-state index contributed by atoms with van der Waals surface area (Å²) in [4.78, 5) is 14.3. The van der Waals surface area contributed by atoms with E-state index in [1.165, 1.54) is 14.2 Å². The van der Waals surface area contributed by atoms with E-state index in [1.54, 1.807) is 42.5 Å². The molecule has 0 aliphatic carbocycles. The Balaban J connectivity index is 1.87. The quantitative estimate of drug-likeness (QED) is 0.823. The molecular formula is C22H23NO5. The second-order valence-corrected chi connectivity index (χ2v) is 6.56. The van der Waals surface area contributed by atoms with Crippen molar-refractivity contribution in [1.29, 1.82) is 0 Å². The second kappa shape index (κ2) is 8.08. The van der Waals surface area contributed by atoms with E-state index >= 15 is 0 Å². The van der Waals surface area contributed by atoms with Gasteiger partial charge in [-0.2, -0.15) is 0 Å². The van der Waals surface area contributed by atoms with Crippen LogP contribution in [-0.4, -0.2) is 42.2 Å². The molecule has 2 aromatic carbocycles. The highest BCUT2D eigenvalue weighted by Crippen LogP contribution is 2.36. The van der Waals surface area contributed by atoms with Crippen LogP contribution in [0.4, 0.5) is 0 Å². The van der Waals surface area contributed by atoms with Crippen LogP contribution >= 0.6 is 0 Å². The number of carbonyl (C=O) groups excluding carboxylic acids is 1. The van der Waals surface area contributed by atoms with E-state index in [2.05, 4.69) is 0 Å². The summed E-state index contributed by atoms with van der Waals surface area (Å²) >= 11 is 0. The van der Waals surface area contributed by atoms with Crippen molar-refractivity contribution in [2.45, 2.75) is 12.5 Å².